The van der Waals surface area contributed by atoms with Crippen molar-refractivity contribution in [3.63, 3.8) is 0 Å². The number of aliphatic hydroxyl groups is 2. The SMILES string of the molecule is COc1cccc2c1C(=O)c1c(O)c3c(c(O)c1C2=O)C[C@@](O)(/C(C)=N/NC(=O)c1ccc(Cl)cc1)C[C@H]3O[C@H]1C[C@H](N)[C@H](O)[C@H](C)O1. The van der Waals surface area contributed by atoms with E-state index < -0.39 is 76.3 Å². The molecule has 7 N–H and O–H groups in total. The molecule has 0 aromatic heterocycles. The number of aliphatic hydroxyl groups excluding tert-OH is 1. The maximum atomic E-state index is 13.9. The molecule has 1 amide bonds. The second kappa shape index (κ2) is 12.6. The number of hydrazone groups is 1. The number of rotatable bonds is 6. The lowest BCUT2D eigenvalue weighted by Gasteiger charge is -2.42. The van der Waals surface area contributed by atoms with Gasteiger partial charge in [-0.05, 0) is 44.2 Å². The van der Waals surface area contributed by atoms with Crippen LogP contribution in [0.4, 0.5) is 0 Å². The van der Waals surface area contributed by atoms with Gasteiger partial charge in [0.2, 0.25) is 5.78 Å². The van der Waals surface area contributed by atoms with Crippen LogP contribution in [0.5, 0.6) is 17.2 Å². The van der Waals surface area contributed by atoms with Gasteiger partial charge in [-0.15, -0.1) is 0 Å². The second-order valence-electron chi connectivity index (χ2n) is 12.2. The number of aromatic hydroxyl groups is 2. The first-order valence-corrected chi connectivity index (χ1v) is 15.6. The maximum absolute atomic E-state index is 13.9. The molecule has 0 unspecified atom stereocenters. The van der Waals surface area contributed by atoms with Crippen LogP contribution >= 0.6 is 11.6 Å². The Morgan fingerprint density at radius 2 is 1.77 bits per heavy atom. The number of phenols is 2. The summed E-state index contributed by atoms with van der Waals surface area (Å²) in [6, 6.07) is 9.80. The van der Waals surface area contributed by atoms with Crippen molar-refractivity contribution in [1.82, 2.24) is 5.43 Å². The van der Waals surface area contributed by atoms with Crippen LogP contribution in [0, 0.1) is 0 Å². The van der Waals surface area contributed by atoms with E-state index >= 15 is 0 Å². The van der Waals surface area contributed by atoms with E-state index in [2.05, 4.69) is 10.5 Å². The number of amides is 1. The summed E-state index contributed by atoms with van der Waals surface area (Å²) >= 11 is 5.92. The standard InChI is InChI=1S/C34H34ClN3O10/c1-14-28(39)20(36)11-23(47-14)48-22-13-34(45,15(2)37-38-33(44)16-7-9-17(35)10-8-16)12-19-25(22)32(43)27-26(30(19)41)29(40)18-5-4-6-21(46-3)24(18)31(27)42/h4-10,14,20,22-23,28,39,41,43,45H,11-13,36H2,1-3H3,(H,38,44)/b37-15+/t14-,20-,22+,23-,28+,34-/m0/s1. The lowest BCUT2D eigenvalue weighted by Crippen LogP contribution is -2.52. The Kier molecular flexibility index (Phi) is 8.79. The lowest BCUT2D eigenvalue weighted by molar-refractivity contribution is -0.245. The largest absolute Gasteiger partial charge is 0.507 e. The number of phenolic OH excluding ortho intramolecular Hbond substituents is 2. The minimum Gasteiger partial charge on any atom is -0.507 e. The summed E-state index contributed by atoms with van der Waals surface area (Å²) in [5, 5.41) is 50.4. The first-order chi connectivity index (χ1) is 22.7. The van der Waals surface area contributed by atoms with Gasteiger partial charge < -0.3 is 40.4 Å². The van der Waals surface area contributed by atoms with Crippen LogP contribution < -0.4 is 15.9 Å². The van der Waals surface area contributed by atoms with Crippen molar-refractivity contribution < 1.29 is 49.0 Å². The number of hydrogen-bond acceptors (Lipinski definition) is 12. The van der Waals surface area contributed by atoms with Gasteiger partial charge in [0.25, 0.3) is 5.91 Å². The fourth-order valence-corrected chi connectivity index (χ4v) is 6.70. The summed E-state index contributed by atoms with van der Waals surface area (Å²) in [5.74, 6) is -3.19. The molecular weight excluding hydrogens is 646 g/mol. The van der Waals surface area contributed by atoms with E-state index in [1.54, 1.807) is 6.92 Å². The van der Waals surface area contributed by atoms with Gasteiger partial charge in [0.1, 0.15) is 22.8 Å². The summed E-state index contributed by atoms with van der Waals surface area (Å²) < 4.78 is 17.5. The predicted octanol–water partition coefficient (Wildman–Crippen LogP) is 2.90. The molecule has 6 rings (SSSR count). The van der Waals surface area contributed by atoms with E-state index in [1.807, 2.05) is 0 Å². The molecule has 3 aromatic carbocycles. The molecule has 1 aliphatic heterocycles. The summed E-state index contributed by atoms with van der Waals surface area (Å²) in [6.07, 6.45) is -4.60. The Hall–Kier alpha value is -4.37. The molecule has 48 heavy (non-hydrogen) atoms. The number of carbonyl (C=O) groups excluding carboxylic acids is 3. The lowest BCUT2D eigenvalue weighted by atomic mass is 9.71. The van der Waals surface area contributed by atoms with Crippen molar-refractivity contribution >= 4 is 34.8 Å². The summed E-state index contributed by atoms with van der Waals surface area (Å²) in [6.45, 7) is 3.07. The van der Waals surface area contributed by atoms with Crippen molar-refractivity contribution in [2.75, 3.05) is 7.11 Å². The highest BCUT2D eigenvalue weighted by Gasteiger charge is 2.49. The average molecular weight is 680 g/mol. The molecule has 1 heterocycles. The third-order valence-electron chi connectivity index (χ3n) is 9.25. The number of methoxy groups -OCH3 is 1. The van der Waals surface area contributed by atoms with Crippen molar-refractivity contribution in [2.24, 2.45) is 10.8 Å². The third-order valence-corrected chi connectivity index (χ3v) is 9.50. The normalized spacial score (nSPS) is 26.7. The number of benzene rings is 3. The van der Waals surface area contributed by atoms with Crippen molar-refractivity contribution in [1.29, 1.82) is 0 Å². The molecule has 6 atom stereocenters. The van der Waals surface area contributed by atoms with Crippen LogP contribution in [-0.4, -0.2) is 80.9 Å². The van der Waals surface area contributed by atoms with Crippen molar-refractivity contribution in [3.05, 3.63) is 86.4 Å². The highest BCUT2D eigenvalue weighted by atomic mass is 35.5. The Bertz CT molecular complexity index is 1850. The second-order valence-corrected chi connectivity index (χ2v) is 12.7. The minimum absolute atomic E-state index is 0.0169. The topological polar surface area (TPSA) is 210 Å². The summed E-state index contributed by atoms with van der Waals surface area (Å²) in [7, 11) is 1.34. The van der Waals surface area contributed by atoms with Gasteiger partial charge in [0.05, 0.1) is 47.8 Å². The number of carbonyl (C=O) groups is 3. The molecule has 13 nitrogen and oxygen atoms in total. The maximum Gasteiger partial charge on any atom is 0.271 e. The molecule has 0 radical (unpaired) electrons. The van der Waals surface area contributed by atoms with Crippen molar-refractivity contribution in [3.8, 4) is 17.2 Å². The van der Waals surface area contributed by atoms with Gasteiger partial charge in [-0.1, -0.05) is 23.7 Å². The van der Waals surface area contributed by atoms with Crippen molar-refractivity contribution in [2.45, 2.75) is 69.4 Å². The quantitative estimate of drug-likeness (QED) is 0.0991. The molecule has 2 aliphatic carbocycles. The smallest absolute Gasteiger partial charge is 0.271 e. The average Bonchev–Trinajstić information content (AvgIpc) is 3.06. The van der Waals surface area contributed by atoms with Crippen LogP contribution in [0.2, 0.25) is 5.02 Å². The number of halogens is 1. The van der Waals surface area contributed by atoms with Gasteiger partial charge >= 0.3 is 0 Å². The van der Waals surface area contributed by atoms with E-state index in [0.717, 1.165) is 0 Å². The zero-order valence-electron chi connectivity index (χ0n) is 26.2. The van der Waals surface area contributed by atoms with Crippen LogP contribution in [0.1, 0.15) is 86.1 Å². The number of nitrogens with one attached hydrogen (secondary N) is 1. The molecule has 0 spiro atoms. The molecule has 1 saturated heterocycles. The third kappa shape index (κ3) is 5.62. The highest BCUT2D eigenvalue weighted by molar-refractivity contribution is 6.31. The van der Waals surface area contributed by atoms with E-state index in [-0.39, 0.29) is 58.5 Å². The van der Waals surface area contributed by atoms with Crippen LogP contribution in [0.3, 0.4) is 0 Å². The van der Waals surface area contributed by atoms with Gasteiger partial charge in [0, 0.05) is 52.6 Å². The van der Waals surface area contributed by atoms with E-state index in [9.17, 15) is 34.8 Å². The fourth-order valence-electron chi connectivity index (χ4n) is 6.57. The first kappa shape index (κ1) is 33.5. The number of ether oxygens (including phenoxy) is 3. The van der Waals surface area contributed by atoms with Gasteiger partial charge in [-0.25, -0.2) is 5.43 Å². The monoisotopic (exact) mass is 679 g/mol. The molecule has 252 valence electrons. The van der Waals surface area contributed by atoms with E-state index in [4.69, 9.17) is 31.5 Å². The van der Waals surface area contributed by atoms with Crippen LogP contribution in [0.25, 0.3) is 0 Å². The van der Waals surface area contributed by atoms with E-state index in [1.165, 1.54) is 56.5 Å². The Labute approximate surface area is 279 Å². The number of fused-ring (bicyclic) bond motifs is 3. The Morgan fingerprint density at radius 3 is 2.44 bits per heavy atom. The predicted molar refractivity (Wildman–Crippen MR) is 172 cm³/mol. The first-order valence-electron chi connectivity index (χ1n) is 15.2. The molecule has 3 aromatic rings. The highest BCUT2D eigenvalue weighted by Crippen LogP contribution is 2.52. The molecule has 14 heteroatoms. The molecule has 3 aliphatic rings. The van der Waals surface area contributed by atoms with E-state index in [0.29, 0.717) is 5.02 Å². The fraction of sp³-hybridized carbons (Fsp3) is 0.353. The Morgan fingerprint density at radius 1 is 1.08 bits per heavy atom. The number of ketones is 2. The van der Waals surface area contributed by atoms with Crippen LogP contribution in [0.15, 0.2) is 47.6 Å². The van der Waals surface area contributed by atoms with Gasteiger partial charge in [0.15, 0.2) is 12.1 Å². The zero-order chi connectivity index (χ0) is 34.7. The molecular formula is C34H34ClN3O10. The number of nitrogens with zero attached hydrogens (tertiary/aromatic N) is 1. The van der Waals surface area contributed by atoms with Gasteiger partial charge in [-0.3, -0.25) is 14.4 Å². The minimum atomic E-state index is -1.91. The Balaban J connectivity index is 1.44. The van der Waals surface area contributed by atoms with Crippen LogP contribution in [-0.2, 0) is 15.9 Å². The molecule has 0 bridgehead atoms. The number of nitrogens with two attached hydrogens (primary N) is 1. The number of hydrogen-bond donors (Lipinski definition) is 6. The summed E-state index contributed by atoms with van der Waals surface area (Å²) in [5.41, 5.74) is 5.83. The van der Waals surface area contributed by atoms with Gasteiger partial charge in [-0.2, -0.15) is 5.10 Å². The zero-order valence-corrected chi connectivity index (χ0v) is 26.9. The molecule has 0 saturated carbocycles. The molecule has 1 fully saturated rings. The summed E-state index contributed by atoms with van der Waals surface area (Å²) in [4.78, 5) is 40.5.